The Labute approximate surface area is 139 Å². The van der Waals surface area contributed by atoms with Crippen LogP contribution >= 0.6 is 0 Å². The highest BCUT2D eigenvalue weighted by molar-refractivity contribution is 5.79. The number of rotatable bonds is 5. The van der Waals surface area contributed by atoms with E-state index in [2.05, 4.69) is 6.58 Å². The molecule has 24 heavy (non-hydrogen) atoms. The molecule has 4 nitrogen and oxygen atoms in total. The number of methoxy groups -OCH3 is 2. The third kappa shape index (κ3) is 2.67. The molecule has 0 radical (unpaired) electrons. The molecule has 122 valence electrons. The Morgan fingerprint density at radius 3 is 2.62 bits per heavy atom. The zero-order valence-electron chi connectivity index (χ0n) is 13.7. The van der Waals surface area contributed by atoms with E-state index >= 15 is 0 Å². The fourth-order valence-electron chi connectivity index (χ4n) is 2.81. The molecule has 0 fully saturated rings. The molecule has 0 aliphatic rings. The molecule has 0 unspecified atom stereocenters. The van der Waals surface area contributed by atoms with Crippen molar-refractivity contribution < 1.29 is 13.9 Å². The maximum Gasteiger partial charge on any atom is 0.193 e. The first-order valence-electron chi connectivity index (χ1n) is 7.57. The maximum atomic E-state index is 12.4. The lowest BCUT2D eigenvalue weighted by Crippen LogP contribution is -2.02. The molecule has 2 aromatic carbocycles. The van der Waals surface area contributed by atoms with Gasteiger partial charge >= 0.3 is 0 Å². The van der Waals surface area contributed by atoms with Gasteiger partial charge in [0, 0.05) is 17.2 Å². The minimum absolute atomic E-state index is 0.0776. The van der Waals surface area contributed by atoms with E-state index < -0.39 is 0 Å². The second-order valence-corrected chi connectivity index (χ2v) is 5.29. The van der Waals surface area contributed by atoms with E-state index in [4.69, 9.17) is 13.9 Å². The molecule has 0 atom stereocenters. The van der Waals surface area contributed by atoms with Gasteiger partial charge in [0.1, 0.15) is 11.3 Å². The van der Waals surface area contributed by atoms with Gasteiger partial charge in [0.2, 0.25) is 0 Å². The molecule has 3 rings (SSSR count). The van der Waals surface area contributed by atoms with Gasteiger partial charge in [-0.2, -0.15) is 0 Å². The second-order valence-electron chi connectivity index (χ2n) is 5.29. The van der Waals surface area contributed by atoms with Crippen LogP contribution in [0.5, 0.6) is 11.5 Å². The first kappa shape index (κ1) is 15.9. The van der Waals surface area contributed by atoms with Crippen molar-refractivity contribution >= 4 is 11.0 Å². The molecule has 0 aliphatic heterocycles. The fraction of sp³-hybridized carbons (Fsp3) is 0.150. The monoisotopic (exact) mass is 322 g/mol. The quantitative estimate of drug-likeness (QED) is 0.660. The summed E-state index contributed by atoms with van der Waals surface area (Å²) in [6.45, 7) is 3.80. The van der Waals surface area contributed by atoms with Gasteiger partial charge in [-0.15, -0.1) is 6.58 Å². The van der Waals surface area contributed by atoms with E-state index in [1.54, 1.807) is 38.5 Å². The number of fused-ring (bicyclic) bond motifs is 1. The molecule has 4 heteroatoms. The van der Waals surface area contributed by atoms with E-state index in [0.717, 1.165) is 11.1 Å². The number of para-hydroxylation sites is 1. The summed E-state index contributed by atoms with van der Waals surface area (Å²) in [7, 11) is 3.18. The Kier molecular flexibility index (Phi) is 4.38. The molecule has 0 saturated heterocycles. The molecule has 1 heterocycles. The highest BCUT2D eigenvalue weighted by atomic mass is 16.5. The largest absolute Gasteiger partial charge is 0.493 e. The Bertz CT molecular complexity index is 954. The van der Waals surface area contributed by atoms with Crippen molar-refractivity contribution in [2.75, 3.05) is 14.2 Å². The first-order valence-corrected chi connectivity index (χ1v) is 7.57. The summed E-state index contributed by atoms with van der Waals surface area (Å²) < 4.78 is 16.8. The van der Waals surface area contributed by atoms with Gasteiger partial charge < -0.3 is 13.9 Å². The predicted molar refractivity (Wildman–Crippen MR) is 94.9 cm³/mol. The third-order valence-corrected chi connectivity index (χ3v) is 3.90. The van der Waals surface area contributed by atoms with Crippen LogP contribution in [0.4, 0.5) is 0 Å². The molecule has 1 aromatic heterocycles. The van der Waals surface area contributed by atoms with Crippen LogP contribution in [0, 0.1) is 0 Å². The lowest BCUT2D eigenvalue weighted by molar-refractivity contribution is 0.352. The summed E-state index contributed by atoms with van der Waals surface area (Å²) in [6.07, 6.45) is 2.34. The summed E-state index contributed by atoms with van der Waals surface area (Å²) in [6, 6.07) is 12.4. The highest BCUT2D eigenvalue weighted by Crippen LogP contribution is 2.38. The second kappa shape index (κ2) is 6.62. The van der Waals surface area contributed by atoms with Crippen LogP contribution in [0.1, 0.15) is 5.56 Å². The van der Waals surface area contributed by atoms with Gasteiger partial charge in [0.05, 0.1) is 19.6 Å². The molecule has 3 aromatic rings. The Balaban J connectivity index is 2.29. The molecule has 0 bridgehead atoms. The van der Waals surface area contributed by atoms with Gasteiger partial charge in [0.15, 0.2) is 16.9 Å². The van der Waals surface area contributed by atoms with Crippen LogP contribution in [-0.2, 0) is 6.42 Å². The van der Waals surface area contributed by atoms with Crippen molar-refractivity contribution in [3.05, 3.63) is 70.9 Å². The summed E-state index contributed by atoms with van der Waals surface area (Å²) >= 11 is 0. The van der Waals surface area contributed by atoms with Crippen LogP contribution in [0.15, 0.2) is 64.3 Å². The topological polar surface area (TPSA) is 48.7 Å². The number of benzene rings is 2. The van der Waals surface area contributed by atoms with Crippen molar-refractivity contribution in [1.82, 2.24) is 0 Å². The Morgan fingerprint density at radius 2 is 1.92 bits per heavy atom. The maximum absolute atomic E-state index is 12.4. The summed E-state index contributed by atoms with van der Waals surface area (Å²) in [4.78, 5) is 12.4. The number of hydrogen-bond acceptors (Lipinski definition) is 4. The van der Waals surface area contributed by atoms with Crippen LogP contribution < -0.4 is 14.9 Å². The molecule has 0 aliphatic carbocycles. The zero-order chi connectivity index (χ0) is 17.1. The van der Waals surface area contributed by atoms with E-state index in [0.29, 0.717) is 34.6 Å². The van der Waals surface area contributed by atoms with Crippen molar-refractivity contribution in [2.24, 2.45) is 0 Å². The number of ether oxygens (including phenoxy) is 2. The Hall–Kier alpha value is -3.01. The summed E-state index contributed by atoms with van der Waals surface area (Å²) in [5.41, 5.74) is 2.13. The summed E-state index contributed by atoms with van der Waals surface area (Å²) in [5.74, 6) is 1.74. The van der Waals surface area contributed by atoms with Crippen LogP contribution in [-0.4, -0.2) is 14.2 Å². The normalized spacial score (nSPS) is 10.6. The van der Waals surface area contributed by atoms with Crippen molar-refractivity contribution in [2.45, 2.75) is 6.42 Å². The van der Waals surface area contributed by atoms with E-state index in [1.165, 1.54) is 6.07 Å². The van der Waals surface area contributed by atoms with E-state index in [1.807, 2.05) is 18.2 Å². The van der Waals surface area contributed by atoms with E-state index in [9.17, 15) is 4.79 Å². The first-order chi connectivity index (χ1) is 11.7. The predicted octanol–water partition coefficient (Wildman–Crippen LogP) is 4.21. The molecule has 0 amide bonds. The average Bonchev–Trinajstić information content (AvgIpc) is 2.61. The fourth-order valence-corrected chi connectivity index (χ4v) is 2.81. The Morgan fingerprint density at radius 1 is 1.12 bits per heavy atom. The molecular formula is C20H18O4. The van der Waals surface area contributed by atoms with Gasteiger partial charge in [-0.05, 0) is 30.7 Å². The van der Waals surface area contributed by atoms with Crippen LogP contribution in [0.25, 0.3) is 22.3 Å². The smallest absolute Gasteiger partial charge is 0.193 e. The van der Waals surface area contributed by atoms with Crippen LogP contribution in [0.2, 0.25) is 0 Å². The minimum Gasteiger partial charge on any atom is -0.493 e. The van der Waals surface area contributed by atoms with Crippen molar-refractivity contribution in [1.29, 1.82) is 0 Å². The zero-order valence-corrected chi connectivity index (χ0v) is 13.7. The van der Waals surface area contributed by atoms with Gasteiger partial charge in [0.25, 0.3) is 0 Å². The highest BCUT2D eigenvalue weighted by Gasteiger charge is 2.17. The van der Waals surface area contributed by atoms with E-state index in [-0.39, 0.29) is 5.43 Å². The van der Waals surface area contributed by atoms with Gasteiger partial charge in [-0.3, -0.25) is 4.79 Å². The minimum atomic E-state index is -0.0776. The third-order valence-electron chi connectivity index (χ3n) is 3.90. The molecular weight excluding hydrogens is 304 g/mol. The standard InChI is InChI=1S/C20H18O4/c1-4-7-14-13(10-11-18(22-2)20(14)23-3)19-12-16(21)15-8-5-6-9-17(15)24-19/h4-6,8-12H,1,7H2,2-3H3. The van der Waals surface area contributed by atoms with Crippen molar-refractivity contribution in [3.63, 3.8) is 0 Å². The van der Waals surface area contributed by atoms with Crippen molar-refractivity contribution in [3.8, 4) is 22.8 Å². The number of allylic oxidation sites excluding steroid dienone is 1. The summed E-state index contributed by atoms with van der Waals surface area (Å²) in [5, 5.41) is 0.562. The average molecular weight is 322 g/mol. The lowest BCUT2D eigenvalue weighted by atomic mass is 9.99. The lowest BCUT2D eigenvalue weighted by Gasteiger charge is -2.15. The SMILES string of the molecule is C=CCc1c(-c2cc(=O)c3ccccc3o2)ccc(OC)c1OC. The van der Waals surface area contributed by atoms with Gasteiger partial charge in [-0.1, -0.05) is 18.2 Å². The van der Waals surface area contributed by atoms with Gasteiger partial charge in [-0.25, -0.2) is 0 Å². The van der Waals surface area contributed by atoms with Crippen LogP contribution in [0.3, 0.4) is 0 Å². The molecule has 0 saturated carbocycles. The number of hydrogen-bond donors (Lipinski definition) is 0. The molecule has 0 N–H and O–H groups in total. The molecule has 0 spiro atoms.